The van der Waals surface area contributed by atoms with Crippen molar-refractivity contribution in [1.82, 2.24) is 10.6 Å². The maximum Gasteiger partial charge on any atom is 0.315 e. The lowest BCUT2D eigenvalue weighted by Gasteiger charge is -2.28. The molecular formula is C13H24N2O3. The van der Waals surface area contributed by atoms with E-state index in [0.29, 0.717) is 12.3 Å². The number of ether oxygens (including phenoxy) is 1. The van der Waals surface area contributed by atoms with Crippen LogP contribution in [0.25, 0.3) is 0 Å². The number of rotatable bonds is 4. The predicted octanol–water partition coefficient (Wildman–Crippen LogP) is 1.82. The third-order valence-corrected chi connectivity index (χ3v) is 3.28. The van der Waals surface area contributed by atoms with Crippen molar-refractivity contribution in [2.45, 2.75) is 58.0 Å². The summed E-state index contributed by atoms with van der Waals surface area (Å²) in [6.07, 6.45) is 4.32. The fourth-order valence-electron chi connectivity index (χ4n) is 2.32. The zero-order chi connectivity index (χ0) is 13.5. The lowest BCUT2D eigenvalue weighted by molar-refractivity contribution is -0.142. The van der Waals surface area contributed by atoms with Gasteiger partial charge in [-0.1, -0.05) is 0 Å². The zero-order valence-electron chi connectivity index (χ0n) is 11.5. The van der Waals surface area contributed by atoms with E-state index < -0.39 is 0 Å². The minimum atomic E-state index is -0.135. The van der Waals surface area contributed by atoms with Crippen molar-refractivity contribution < 1.29 is 14.3 Å². The number of urea groups is 1. The monoisotopic (exact) mass is 256 g/mol. The van der Waals surface area contributed by atoms with E-state index in [0.717, 1.165) is 25.7 Å². The van der Waals surface area contributed by atoms with Gasteiger partial charge in [0.15, 0.2) is 0 Å². The van der Waals surface area contributed by atoms with Gasteiger partial charge in [-0.05, 0) is 45.4 Å². The van der Waals surface area contributed by atoms with Gasteiger partial charge in [0.25, 0.3) is 0 Å². The van der Waals surface area contributed by atoms with Crippen LogP contribution in [0.2, 0.25) is 0 Å². The first kappa shape index (κ1) is 14.8. The second-order valence-corrected chi connectivity index (χ2v) is 5.27. The van der Waals surface area contributed by atoms with Crippen molar-refractivity contribution in [3.63, 3.8) is 0 Å². The molecular weight excluding hydrogens is 232 g/mol. The van der Waals surface area contributed by atoms with Gasteiger partial charge in [-0.25, -0.2) is 4.79 Å². The van der Waals surface area contributed by atoms with Crippen LogP contribution in [0.15, 0.2) is 0 Å². The first-order chi connectivity index (χ1) is 8.51. The SMILES string of the molecule is COC(=O)CC1CCC(NC(=O)NC(C)C)CC1. The summed E-state index contributed by atoms with van der Waals surface area (Å²) in [6.45, 7) is 3.87. The van der Waals surface area contributed by atoms with Crippen LogP contribution in [-0.2, 0) is 9.53 Å². The number of amides is 2. The number of carbonyl (C=O) groups excluding carboxylic acids is 2. The smallest absolute Gasteiger partial charge is 0.315 e. The lowest BCUT2D eigenvalue weighted by Crippen LogP contribution is -2.45. The third-order valence-electron chi connectivity index (χ3n) is 3.28. The molecule has 0 saturated heterocycles. The Morgan fingerprint density at radius 3 is 2.33 bits per heavy atom. The Hall–Kier alpha value is -1.26. The molecule has 2 amide bonds. The van der Waals surface area contributed by atoms with E-state index in [-0.39, 0.29) is 24.1 Å². The fourth-order valence-corrected chi connectivity index (χ4v) is 2.32. The Morgan fingerprint density at radius 1 is 1.22 bits per heavy atom. The second kappa shape index (κ2) is 7.24. The van der Waals surface area contributed by atoms with E-state index in [1.807, 2.05) is 13.8 Å². The average Bonchev–Trinajstić information content (AvgIpc) is 2.30. The normalized spacial score (nSPS) is 23.6. The summed E-state index contributed by atoms with van der Waals surface area (Å²) in [5.41, 5.74) is 0. The van der Waals surface area contributed by atoms with Crippen LogP contribution < -0.4 is 10.6 Å². The molecule has 5 nitrogen and oxygen atoms in total. The maximum absolute atomic E-state index is 11.5. The number of esters is 1. The minimum Gasteiger partial charge on any atom is -0.469 e. The Kier molecular flexibility index (Phi) is 5.95. The molecule has 2 N–H and O–H groups in total. The minimum absolute atomic E-state index is 0.0959. The van der Waals surface area contributed by atoms with Crippen molar-refractivity contribution in [2.75, 3.05) is 7.11 Å². The van der Waals surface area contributed by atoms with Crippen LogP contribution >= 0.6 is 0 Å². The molecule has 0 aromatic carbocycles. The van der Waals surface area contributed by atoms with Gasteiger partial charge in [-0.3, -0.25) is 4.79 Å². The molecule has 1 aliphatic rings. The number of nitrogens with one attached hydrogen (secondary N) is 2. The largest absolute Gasteiger partial charge is 0.469 e. The Bertz CT molecular complexity index is 284. The zero-order valence-corrected chi connectivity index (χ0v) is 11.5. The standard InChI is InChI=1S/C13H24N2O3/c1-9(2)14-13(17)15-11-6-4-10(5-7-11)8-12(16)18-3/h9-11H,4-8H2,1-3H3,(H2,14,15,17). The highest BCUT2D eigenvalue weighted by molar-refractivity contribution is 5.74. The van der Waals surface area contributed by atoms with Gasteiger partial charge in [-0.2, -0.15) is 0 Å². The van der Waals surface area contributed by atoms with Gasteiger partial charge in [0, 0.05) is 18.5 Å². The maximum atomic E-state index is 11.5. The van der Waals surface area contributed by atoms with Crippen LogP contribution in [0.5, 0.6) is 0 Å². The highest BCUT2D eigenvalue weighted by Crippen LogP contribution is 2.27. The van der Waals surface area contributed by atoms with Crippen LogP contribution in [0.1, 0.15) is 46.0 Å². The molecule has 1 aliphatic carbocycles. The quantitative estimate of drug-likeness (QED) is 0.754. The summed E-state index contributed by atoms with van der Waals surface area (Å²) in [6, 6.07) is 0.291. The van der Waals surface area contributed by atoms with Crippen molar-refractivity contribution in [2.24, 2.45) is 5.92 Å². The van der Waals surface area contributed by atoms with Gasteiger partial charge in [0.05, 0.1) is 7.11 Å². The predicted molar refractivity (Wildman–Crippen MR) is 69.2 cm³/mol. The summed E-state index contributed by atoms with van der Waals surface area (Å²) in [5, 5.41) is 5.79. The second-order valence-electron chi connectivity index (χ2n) is 5.27. The van der Waals surface area contributed by atoms with E-state index in [4.69, 9.17) is 0 Å². The average molecular weight is 256 g/mol. The van der Waals surface area contributed by atoms with Crippen LogP contribution in [-0.4, -0.2) is 31.2 Å². The Morgan fingerprint density at radius 2 is 1.83 bits per heavy atom. The van der Waals surface area contributed by atoms with E-state index >= 15 is 0 Å². The summed E-state index contributed by atoms with van der Waals surface area (Å²) in [5.74, 6) is 0.271. The van der Waals surface area contributed by atoms with Crippen molar-refractivity contribution in [3.8, 4) is 0 Å². The van der Waals surface area contributed by atoms with Crippen LogP contribution in [0.4, 0.5) is 4.79 Å². The number of methoxy groups -OCH3 is 1. The van der Waals surface area contributed by atoms with E-state index in [1.54, 1.807) is 0 Å². The molecule has 1 fully saturated rings. The molecule has 1 rings (SSSR count). The van der Waals surface area contributed by atoms with E-state index in [9.17, 15) is 9.59 Å². The van der Waals surface area contributed by atoms with E-state index in [2.05, 4.69) is 15.4 Å². The molecule has 104 valence electrons. The molecule has 0 radical (unpaired) electrons. The van der Waals surface area contributed by atoms with Crippen LogP contribution in [0.3, 0.4) is 0 Å². The molecule has 0 aliphatic heterocycles. The van der Waals surface area contributed by atoms with E-state index in [1.165, 1.54) is 7.11 Å². The van der Waals surface area contributed by atoms with Crippen molar-refractivity contribution in [1.29, 1.82) is 0 Å². The third kappa shape index (κ3) is 5.38. The number of carbonyl (C=O) groups is 2. The molecule has 0 atom stereocenters. The summed E-state index contributed by atoms with van der Waals surface area (Å²) in [4.78, 5) is 22.7. The van der Waals surface area contributed by atoms with Gasteiger partial charge >= 0.3 is 12.0 Å². The fraction of sp³-hybridized carbons (Fsp3) is 0.846. The molecule has 0 aromatic rings. The number of hydrogen-bond acceptors (Lipinski definition) is 3. The summed E-state index contributed by atoms with van der Waals surface area (Å²) < 4.78 is 4.67. The highest BCUT2D eigenvalue weighted by Gasteiger charge is 2.24. The highest BCUT2D eigenvalue weighted by atomic mass is 16.5. The van der Waals surface area contributed by atoms with Gasteiger partial charge in [0.2, 0.25) is 0 Å². The van der Waals surface area contributed by atoms with Gasteiger partial charge < -0.3 is 15.4 Å². The lowest BCUT2D eigenvalue weighted by atomic mass is 9.84. The first-order valence-corrected chi connectivity index (χ1v) is 6.65. The molecule has 0 unspecified atom stereocenters. The number of hydrogen-bond donors (Lipinski definition) is 2. The molecule has 5 heteroatoms. The summed E-state index contributed by atoms with van der Waals surface area (Å²) >= 11 is 0. The molecule has 0 bridgehead atoms. The van der Waals surface area contributed by atoms with Crippen molar-refractivity contribution >= 4 is 12.0 Å². The molecule has 18 heavy (non-hydrogen) atoms. The summed E-state index contributed by atoms with van der Waals surface area (Å²) in [7, 11) is 1.42. The molecule has 0 heterocycles. The van der Waals surface area contributed by atoms with Crippen LogP contribution in [0, 0.1) is 5.92 Å². The Labute approximate surface area is 109 Å². The Balaban J connectivity index is 2.23. The molecule has 1 saturated carbocycles. The van der Waals surface area contributed by atoms with Gasteiger partial charge in [0.1, 0.15) is 0 Å². The topological polar surface area (TPSA) is 67.4 Å². The molecule has 0 spiro atoms. The van der Waals surface area contributed by atoms with Crippen molar-refractivity contribution in [3.05, 3.63) is 0 Å². The molecule has 0 aromatic heterocycles. The first-order valence-electron chi connectivity index (χ1n) is 6.65. The van der Waals surface area contributed by atoms with Gasteiger partial charge in [-0.15, -0.1) is 0 Å².